The maximum Gasteiger partial charge on any atom is 0.167 e. The van der Waals surface area contributed by atoms with E-state index in [1.54, 1.807) is 13.8 Å². The molecule has 21 heavy (non-hydrogen) atoms. The molecule has 112 valence electrons. The highest BCUT2D eigenvalue weighted by atomic mass is 19.1. The number of nitrogen functional groups attached to an aromatic ring is 1. The van der Waals surface area contributed by atoms with Crippen molar-refractivity contribution < 1.29 is 22.6 Å². The second kappa shape index (κ2) is 5.95. The first-order valence-electron chi connectivity index (χ1n) is 6.25. The van der Waals surface area contributed by atoms with Gasteiger partial charge in [0.1, 0.15) is 17.4 Å². The molecule has 0 unspecified atom stereocenters. The quantitative estimate of drug-likeness (QED) is 0.857. The van der Waals surface area contributed by atoms with Gasteiger partial charge in [0.15, 0.2) is 17.3 Å². The van der Waals surface area contributed by atoms with Crippen molar-refractivity contribution in [1.82, 2.24) is 0 Å². The summed E-state index contributed by atoms with van der Waals surface area (Å²) in [6.45, 7) is 3.47. The van der Waals surface area contributed by atoms with Crippen molar-refractivity contribution in [3.63, 3.8) is 0 Å². The van der Waals surface area contributed by atoms with Crippen molar-refractivity contribution in [2.75, 3.05) is 5.73 Å². The Morgan fingerprint density at radius 1 is 0.905 bits per heavy atom. The molecule has 0 spiro atoms. The Morgan fingerprint density at radius 2 is 1.52 bits per heavy atom. The smallest absolute Gasteiger partial charge is 0.167 e. The topological polar surface area (TPSA) is 44.5 Å². The predicted octanol–water partition coefficient (Wildman–Crippen LogP) is 4.27. The van der Waals surface area contributed by atoms with E-state index < -0.39 is 17.5 Å². The van der Waals surface area contributed by atoms with Gasteiger partial charge in [0.05, 0.1) is 11.8 Å². The third-order valence-electron chi connectivity index (χ3n) is 2.49. The first-order chi connectivity index (χ1) is 9.85. The molecule has 0 aliphatic carbocycles. The summed E-state index contributed by atoms with van der Waals surface area (Å²) in [6, 6.07) is 4.98. The lowest BCUT2D eigenvalue weighted by Crippen LogP contribution is -2.07. The number of rotatable bonds is 4. The predicted molar refractivity (Wildman–Crippen MR) is 73.0 cm³/mol. The van der Waals surface area contributed by atoms with Gasteiger partial charge < -0.3 is 15.2 Å². The number of halogens is 3. The first kappa shape index (κ1) is 15.0. The van der Waals surface area contributed by atoms with Crippen LogP contribution in [0.5, 0.6) is 17.2 Å². The van der Waals surface area contributed by atoms with Gasteiger partial charge in [-0.25, -0.2) is 13.2 Å². The lowest BCUT2D eigenvalue weighted by molar-refractivity contribution is 0.230. The summed E-state index contributed by atoms with van der Waals surface area (Å²) in [5.74, 6) is -2.29. The van der Waals surface area contributed by atoms with Gasteiger partial charge in [0.2, 0.25) is 0 Å². The monoisotopic (exact) mass is 297 g/mol. The molecule has 3 nitrogen and oxygen atoms in total. The van der Waals surface area contributed by atoms with Crippen molar-refractivity contribution in [3.05, 3.63) is 47.8 Å². The number of anilines is 1. The molecule has 0 aliphatic rings. The van der Waals surface area contributed by atoms with Gasteiger partial charge in [-0.15, -0.1) is 0 Å². The average molecular weight is 297 g/mol. The highest BCUT2D eigenvalue weighted by molar-refractivity contribution is 5.57. The molecular formula is C15H14F3NO2. The number of benzene rings is 2. The van der Waals surface area contributed by atoms with Crippen LogP contribution < -0.4 is 15.2 Å². The van der Waals surface area contributed by atoms with Gasteiger partial charge in [-0.05, 0) is 13.8 Å². The third kappa shape index (κ3) is 3.81. The van der Waals surface area contributed by atoms with Crippen molar-refractivity contribution in [2.45, 2.75) is 20.0 Å². The standard InChI is InChI=1S/C15H14F3NO2/c1-8(2)20-14-7-15(13(19)6-12(14)18)21-11-4-9(16)3-10(17)5-11/h3-8H,19H2,1-2H3. The molecule has 0 bridgehead atoms. The Bertz CT molecular complexity index is 639. The summed E-state index contributed by atoms with van der Waals surface area (Å²) in [5, 5.41) is 0. The van der Waals surface area contributed by atoms with Crippen LogP contribution in [0.25, 0.3) is 0 Å². The molecule has 0 saturated heterocycles. The summed E-state index contributed by atoms with van der Waals surface area (Å²) < 4.78 is 50.5. The zero-order chi connectivity index (χ0) is 15.6. The minimum atomic E-state index is -0.788. The summed E-state index contributed by atoms with van der Waals surface area (Å²) in [6.07, 6.45) is -0.248. The maximum absolute atomic E-state index is 13.7. The largest absolute Gasteiger partial charge is 0.488 e. The van der Waals surface area contributed by atoms with E-state index in [1.807, 2.05) is 0 Å². The Hall–Kier alpha value is -2.37. The van der Waals surface area contributed by atoms with Crippen LogP contribution in [0.2, 0.25) is 0 Å². The molecule has 2 N–H and O–H groups in total. The zero-order valence-corrected chi connectivity index (χ0v) is 11.5. The second-order valence-corrected chi connectivity index (χ2v) is 4.69. The molecule has 0 amide bonds. The molecule has 0 radical (unpaired) electrons. The molecule has 0 atom stereocenters. The molecule has 0 saturated carbocycles. The second-order valence-electron chi connectivity index (χ2n) is 4.69. The molecule has 0 aliphatic heterocycles. The van der Waals surface area contributed by atoms with E-state index in [0.717, 1.165) is 18.2 Å². The summed E-state index contributed by atoms with van der Waals surface area (Å²) in [4.78, 5) is 0. The van der Waals surface area contributed by atoms with E-state index in [1.165, 1.54) is 6.07 Å². The molecule has 6 heteroatoms. The highest BCUT2D eigenvalue weighted by Gasteiger charge is 2.13. The van der Waals surface area contributed by atoms with Gasteiger partial charge >= 0.3 is 0 Å². The number of nitrogens with two attached hydrogens (primary N) is 1. The average Bonchev–Trinajstić information content (AvgIpc) is 2.33. The van der Waals surface area contributed by atoms with E-state index in [9.17, 15) is 13.2 Å². The van der Waals surface area contributed by atoms with Crippen LogP contribution >= 0.6 is 0 Å². The fraction of sp³-hybridized carbons (Fsp3) is 0.200. The molecular weight excluding hydrogens is 283 g/mol. The van der Waals surface area contributed by atoms with Crippen LogP contribution in [0, 0.1) is 17.5 Å². The maximum atomic E-state index is 13.7. The summed E-state index contributed by atoms with van der Waals surface area (Å²) >= 11 is 0. The Balaban J connectivity index is 2.34. The van der Waals surface area contributed by atoms with Crippen LogP contribution in [0.1, 0.15) is 13.8 Å². The summed E-state index contributed by atoms with van der Waals surface area (Å²) in [5.41, 5.74) is 5.63. The van der Waals surface area contributed by atoms with Crippen LogP contribution in [-0.4, -0.2) is 6.10 Å². The fourth-order valence-corrected chi connectivity index (χ4v) is 1.70. The van der Waals surface area contributed by atoms with Crippen molar-refractivity contribution in [3.8, 4) is 17.2 Å². The highest BCUT2D eigenvalue weighted by Crippen LogP contribution is 2.34. The first-order valence-corrected chi connectivity index (χ1v) is 6.25. The molecule has 2 rings (SSSR count). The van der Waals surface area contributed by atoms with Crippen molar-refractivity contribution in [2.24, 2.45) is 0 Å². The van der Waals surface area contributed by atoms with E-state index in [0.29, 0.717) is 6.07 Å². The minimum Gasteiger partial charge on any atom is -0.488 e. The van der Waals surface area contributed by atoms with Gasteiger partial charge in [-0.1, -0.05) is 0 Å². The number of hydrogen-bond donors (Lipinski definition) is 1. The number of ether oxygens (including phenoxy) is 2. The van der Waals surface area contributed by atoms with E-state index in [-0.39, 0.29) is 29.0 Å². The SMILES string of the molecule is CC(C)Oc1cc(Oc2cc(F)cc(F)c2)c(N)cc1F. The molecule has 0 fully saturated rings. The Kier molecular flexibility index (Phi) is 4.26. The normalized spacial score (nSPS) is 10.8. The third-order valence-corrected chi connectivity index (χ3v) is 2.49. The molecule has 0 aromatic heterocycles. The van der Waals surface area contributed by atoms with Crippen LogP contribution in [-0.2, 0) is 0 Å². The summed E-state index contributed by atoms with van der Waals surface area (Å²) in [7, 11) is 0. The van der Waals surface area contributed by atoms with E-state index >= 15 is 0 Å². The van der Waals surface area contributed by atoms with Gasteiger partial charge in [0, 0.05) is 30.3 Å². The van der Waals surface area contributed by atoms with Crippen molar-refractivity contribution >= 4 is 5.69 Å². The molecule has 0 heterocycles. The van der Waals surface area contributed by atoms with Crippen LogP contribution in [0.15, 0.2) is 30.3 Å². The van der Waals surface area contributed by atoms with Gasteiger partial charge in [-0.2, -0.15) is 0 Å². The Morgan fingerprint density at radius 3 is 2.10 bits per heavy atom. The van der Waals surface area contributed by atoms with Gasteiger partial charge in [-0.3, -0.25) is 0 Å². The lowest BCUT2D eigenvalue weighted by Gasteiger charge is -2.14. The van der Waals surface area contributed by atoms with E-state index in [4.69, 9.17) is 15.2 Å². The molecule has 2 aromatic rings. The lowest BCUT2D eigenvalue weighted by atomic mass is 10.2. The molecule has 2 aromatic carbocycles. The zero-order valence-electron chi connectivity index (χ0n) is 11.5. The number of hydrogen-bond acceptors (Lipinski definition) is 3. The van der Waals surface area contributed by atoms with E-state index in [2.05, 4.69) is 0 Å². The van der Waals surface area contributed by atoms with Crippen LogP contribution in [0.3, 0.4) is 0 Å². The van der Waals surface area contributed by atoms with Crippen LogP contribution in [0.4, 0.5) is 18.9 Å². The minimum absolute atomic E-state index is 0.00623. The Labute approximate surface area is 120 Å². The van der Waals surface area contributed by atoms with Gasteiger partial charge in [0.25, 0.3) is 0 Å². The van der Waals surface area contributed by atoms with Crippen molar-refractivity contribution in [1.29, 1.82) is 0 Å². The fourth-order valence-electron chi connectivity index (χ4n) is 1.70.